The van der Waals surface area contributed by atoms with Crippen LogP contribution < -0.4 is 14.8 Å². The summed E-state index contributed by atoms with van der Waals surface area (Å²) >= 11 is 0. The van der Waals surface area contributed by atoms with Crippen LogP contribution in [0.25, 0.3) is 0 Å². The van der Waals surface area contributed by atoms with Crippen molar-refractivity contribution < 1.29 is 33.8 Å². The number of carbonyl (C=O) groups excluding carboxylic acids is 1. The third-order valence-corrected chi connectivity index (χ3v) is 4.61. The lowest BCUT2D eigenvalue weighted by Crippen LogP contribution is -2.37. The number of rotatable bonds is 8. The molecule has 154 valence electrons. The molecule has 28 heavy (non-hydrogen) atoms. The van der Waals surface area contributed by atoms with Crippen molar-refractivity contribution in [2.75, 3.05) is 14.2 Å². The minimum Gasteiger partial charge on any atom is -0.493 e. The lowest BCUT2D eigenvalue weighted by Gasteiger charge is -2.24. The Morgan fingerprint density at radius 2 is 1.82 bits per heavy atom. The Hall–Kier alpha value is -3.04. The predicted octanol–water partition coefficient (Wildman–Crippen LogP) is 3.19. The summed E-state index contributed by atoms with van der Waals surface area (Å²) in [5, 5.41) is 23.4. The molecule has 0 saturated heterocycles. The fourth-order valence-electron chi connectivity index (χ4n) is 3.25. The number of nitro benzene ring substituents is 1. The van der Waals surface area contributed by atoms with Gasteiger partial charge in [-0.15, -0.1) is 0 Å². The average Bonchev–Trinajstić information content (AvgIpc) is 2.66. The van der Waals surface area contributed by atoms with Crippen LogP contribution in [0.1, 0.15) is 50.2 Å². The summed E-state index contributed by atoms with van der Waals surface area (Å²) in [6.07, 6.45) is 1.92. The summed E-state index contributed by atoms with van der Waals surface area (Å²) < 4.78 is 15.5. The van der Waals surface area contributed by atoms with Gasteiger partial charge >= 0.3 is 12.1 Å². The number of methoxy groups -OCH3 is 2. The summed E-state index contributed by atoms with van der Waals surface area (Å²) in [6.45, 7) is 0. The van der Waals surface area contributed by atoms with E-state index in [9.17, 15) is 24.8 Å². The fourth-order valence-corrected chi connectivity index (χ4v) is 3.25. The van der Waals surface area contributed by atoms with E-state index in [1.807, 2.05) is 0 Å². The molecule has 2 N–H and O–H groups in total. The van der Waals surface area contributed by atoms with Crippen LogP contribution in [0.4, 0.5) is 10.5 Å². The van der Waals surface area contributed by atoms with Crippen molar-refractivity contribution in [2.45, 2.75) is 50.7 Å². The zero-order valence-corrected chi connectivity index (χ0v) is 15.8. The molecule has 1 atom stereocenters. The monoisotopic (exact) mass is 396 g/mol. The van der Waals surface area contributed by atoms with Gasteiger partial charge in [0.1, 0.15) is 6.10 Å². The number of carbonyl (C=O) groups is 2. The molecule has 1 aromatic rings. The molecule has 1 aliphatic rings. The number of hydrogen-bond donors (Lipinski definition) is 2. The molecule has 1 aromatic carbocycles. The number of ether oxygens (including phenoxy) is 3. The number of nitrogens with zero attached hydrogens (tertiary/aromatic N) is 1. The molecular weight excluding hydrogens is 372 g/mol. The highest BCUT2D eigenvalue weighted by Crippen LogP contribution is 2.39. The number of carboxylic acid groups (broad SMARTS) is 1. The normalized spacial score (nSPS) is 15.4. The molecule has 1 saturated carbocycles. The van der Waals surface area contributed by atoms with Crippen molar-refractivity contribution in [3.63, 3.8) is 0 Å². The van der Waals surface area contributed by atoms with Crippen LogP contribution in [0.15, 0.2) is 12.1 Å². The molecular formula is C18H24N2O8. The van der Waals surface area contributed by atoms with Gasteiger partial charge in [-0.25, -0.2) is 4.79 Å². The van der Waals surface area contributed by atoms with E-state index in [0.29, 0.717) is 0 Å². The van der Waals surface area contributed by atoms with Crippen LogP contribution in [-0.2, 0) is 9.53 Å². The molecule has 10 heteroatoms. The Morgan fingerprint density at radius 3 is 2.36 bits per heavy atom. The summed E-state index contributed by atoms with van der Waals surface area (Å²) in [6, 6.07) is 2.33. The number of carboxylic acids is 1. The van der Waals surface area contributed by atoms with Gasteiger partial charge in [0.15, 0.2) is 11.5 Å². The van der Waals surface area contributed by atoms with Gasteiger partial charge in [0.2, 0.25) is 0 Å². The van der Waals surface area contributed by atoms with Gasteiger partial charge in [-0.1, -0.05) is 19.3 Å². The Balaban J connectivity index is 2.31. The first-order valence-corrected chi connectivity index (χ1v) is 8.95. The van der Waals surface area contributed by atoms with Crippen molar-refractivity contribution >= 4 is 17.7 Å². The first-order valence-electron chi connectivity index (χ1n) is 8.95. The summed E-state index contributed by atoms with van der Waals surface area (Å²) in [7, 11) is 2.67. The summed E-state index contributed by atoms with van der Waals surface area (Å²) in [5.41, 5.74) is -0.502. The van der Waals surface area contributed by atoms with Gasteiger partial charge in [-0.2, -0.15) is 0 Å². The summed E-state index contributed by atoms with van der Waals surface area (Å²) in [4.78, 5) is 34.4. The third kappa shape index (κ3) is 5.48. The minimum atomic E-state index is -1.36. The molecule has 10 nitrogen and oxygen atoms in total. The van der Waals surface area contributed by atoms with Gasteiger partial charge in [0, 0.05) is 6.04 Å². The maximum absolute atomic E-state index is 12.3. The Kier molecular flexibility index (Phi) is 7.42. The van der Waals surface area contributed by atoms with Crippen LogP contribution in [0, 0.1) is 10.1 Å². The van der Waals surface area contributed by atoms with Crippen LogP contribution in [-0.4, -0.2) is 42.4 Å². The molecule has 0 aliphatic heterocycles. The van der Waals surface area contributed by atoms with Crippen molar-refractivity contribution in [1.29, 1.82) is 0 Å². The van der Waals surface area contributed by atoms with Gasteiger partial charge in [0.05, 0.1) is 37.2 Å². The molecule has 1 amide bonds. The van der Waals surface area contributed by atoms with Crippen molar-refractivity contribution in [1.82, 2.24) is 5.32 Å². The second-order valence-electron chi connectivity index (χ2n) is 6.49. The topological polar surface area (TPSA) is 137 Å². The van der Waals surface area contributed by atoms with Crippen LogP contribution >= 0.6 is 0 Å². The lowest BCUT2D eigenvalue weighted by molar-refractivity contribution is -0.386. The molecule has 1 fully saturated rings. The second kappa shape index (κ2) is 9.77. The Morgan fingerprint density at radius 1 is 1.21 bits per heavy atom. The first kappa shape index (κ1) is 21.3. The largest absolute Gasteiger partial charge is 0.493 e. The zero-order chi connectivity index (χ0) is 20.7. The predicted molar refractivity (Wildman–Crippen MR) is 97.7 cm³/mol. The average molecular weight is 396 g/mol. The quantitative estimate of drug-likeness (QED) is 0.505. The van der Waals surface area contributed by atoms with Crippen molar-refractivity contribution in [3.05, 3.63) is 27.8 Å². The molecule has 2 rings (SSSR count). The lowest BCUT2D eigenvalue weighted by atomic mass is 9.96. The van der Waals surface area contributed by atoms with E-state index in [4.69, 9.17) is 14.2 Å². The Bertz CT molecular complexity index is 731. The van der Waals surface area contributed by atoms with Crippen LogP contribution in [0.3, 0.4) is 0 Å². The van der Waals surface area contributed by atoms with Crippen molar-refractivity contribution in [3.8, 4) is 11.5 Å². The zero-order valence-electron chi connectivity index (χ0n) is 15.8. The van der Waals surface area contributed by atoms with E-state index < -0.39 is 35.2 Å². The molecule has 1 aliphatic carbocycles. The standard InChI is InChI=1S/C18H24N2O8/c1-26-15-8-12(13(20(24)25)9-16(15)27-2)14(10-17(21)22)28-18(23)19-11-6-4-3-5-7-11/h8-9,11,14H,3-7,10H2,1-2H3,(H,19,23)(H,21,22). The Labute approximate surface area is 161 Å². The van der Waals surface area contributed by atoms with E-state index in [-0.39, 0.29) is 23.1 Å². The SMILES string of the molecule is COc1cc(C(CC(=O)O)OC(=O)NC2CCCCC2)c([N+](=O)[O-])cc1OC. The van der Waals surface area contributed by atoms with E-state index in [1.165, 1.54) is 20.3 Å². The summed E-state index contributed by atoms with van der Waals surface area (Å²) in [5.74, 6) is -0.993. The van der Waals surface area contributed by atoms with Gasteiger partial charge < -0.3 is 24.6 Å². The molecule has 1 unspecified atom stereocenters. The highest BCUT2D eigenvalue weighted by molar-refractivity contribution is 5.72. The number of hydrogen-bond acceptors (Lipinski definition) is 7. The maximum atomic E-state index is 12.3. The van der Waals surface area contributed by atoms with E-state index in [2.05, 4.69) is 5.32 Å². The molecule has 0 aromatic heterocycles. The second-order valence-corrected chi connectivity index (χ2v) is 6.49. The number of alkyl carbamates (subject to hydrolysis) is 1. The number of amides is 1. The van der Waals surface area contributed by atoms with Gasteiger partial charge in [-0.3, -0.25) is 14.9 Å². The van der Waals surface area contributed by atoms with Crippen molar-refractivity contribution in [2.24, 2.45) is 0 Å². The molecule has 0 bridgehead atoms. The number of nitrogens with one attached hydrogen (secondary N) is 1. The van der Waals surface area contributed by atoms with E-state index in [0.717, 1.165) is 38.2 Å². The first-order chi connectivity index (χ1) is 13.3. The number of benzene rings is 1. The molecule has 0 heterocycles. The maximum Gasteiger partial charge on any atom is 0.407 e. The number of aliphatic carboxylic acids is 1. The highest BCUT2D eigenvalue weighted by atomic mass is 16.6. The van der Waals surface area contributed by atoms with Crippen LogP contribution in [0.2, 0.25) is 0 Å². The molecule has 0 spiro atoms. The van der Waals surface area contributed by atoms with E-state index >= 15 is 0 Å². The molecule has 0 radical (unpaired) electrons. The highest BCUT2D eigenvalue weighted by Gasteiger charge is 2.31. The number of nitro groups is 1. The minimum absolute atomic E-state index is 0.0490. The van der Waals surface area contributed by atoms with Gasteiger partial charge in [-0.05, 0) is 18.9 Å². The smallest absolute Gasteiger partial charge is 0.407 e. The third-order valence-electron chi connectivity index (χ3n) is 4.61. The fraction of sp³-hybridized carbons (Fsp3) is 0.556. The van der Waals surface area contributed by atoms with Crippen LogP contribution in [0.5, 0.6) is 11.5 Å². The van der Waals surface area contributed by atoms with E-state index in [1.54, 1.807) is 0 Å². The van der Waals surface area contributed by atoms with Gasteiger partial charge in [0.25, 0.3) is 5.69 Å².